The third kappa shape index (κ3) is 3.95. The summed E-state index contributed by atoms with van der Waals surface area (Å²) in [6.45, 7) is 4.97. The molecule has 3 N–H and O–H groups in total. The van der Waals surface area contributed by atoms with Gasteiger partial charge in [-0.2, -0.15) is 13.1 Å². The zero-order valence-electron chi connectivity index (χ0n) is 9.32. The van der Waals surface area contributed by atoms with Crippen molar-refractivity contribution in [3.05, 3.63) is 0 Å². The van der Waals surface area contributed by atoms with Crippen LogP contribution in [0.25, 0.3) is 0 Å². The zero-order valence-corrected chi connectivity index (χ0v) is 10.1. The predicted octanol–water partition coefficient (Wildman–Crippen LogP) is -0.825. The van der Waals surface area contributed by atoms with E-state index in [0.29, 0.717) is 6.54 Å². The van der Waals surface area contributed by atoms with Gasteiger partial charge in [-0.25, -0.2) is 9.52 Å². The Balaban J connectivity index is 2.48. The van der Waals surface area contributed by atoms with E-state index in [4.69, 9.17) is 0 Å². The first-order valence-electron chi connectivity index (χ1n) is 5.12. The van der Waals surface area contributed by atoms with Gasteiger partial charge in [0.25, 0.3) is 0 Å². The lowest BCUT2D eigenvalue weighted by atomic mass is 10.1. The minimum atomic E-state index is -3.83. The SMILES string of the molecule is CCOC(=O)NS(=O)(=O)NC1CNCC1C. The highest BCUT2D eigenvalue weighted by Gasteiger charge is 2.28. The molecule has 0 radical (unpaired) electrons. The summed E-state index contributed by atoms with van der Waals surface area (Å²) in [5.74, 6) is 0.193. The summed E-state index contributed by atoms with van der Waals surface area (Å²) in [5, 5.41) is 3.05. The minimum absolute atomic E-state index is 0.128. The second-order valence-corrected chi connectivity index (χ2v) is 5.13. The molecule has 0 aromatic heterocycles. The molecule has 1 fully saturated rings. The average Bonchev–Trinajstić information content (AvgIpc) is 2.50. The maximum absolute atomic E-state index is 11.5. The van der Waals surface area contributed by atoms with Gasteiger partial charge in [-0.1, -0.05) is 6.92 Å². The van der Waals surface area contributed by atoms with Gasteiger partial charge in [0, 0.05) is 12.6 Å². The van der Waals surface area contributed by atoms with E-state index in [2.05, 4.69) is 14.8 Å². The lowest BCUT2D eigenvalue weighted by molar-refractivity contribution is 0.158. The summed E-state index contributed by atoms with van der Waals surface area (Å²) >= 11 is 0. The number of rotatable bonds is 4. The summed E-state index contributed by atoms with van der Waals surface area (Å²) in [7, 11) is -3.83. The Morgan fingerprint density at radius 3 is 2.69 bits per heavy atom. The Kier molecular flexibility index (Phi) is 4.51. The maximum Gasteiger partial charge on any atom is 0.421 e. The van der Waals surface area contributed by atoms with Gasteiger partial charge in [0.1, 0.15) is 0 Å². The molecule has 0 spiro atoms. The Bertz CT molecular complexity index is 343. The number of amides is 1. The van der Waals surface area contributed by atoms with Gasteiger partial charge in [0.15, 0.2) is 0 Å². The first-order valence-corrected chi connectivity index (χ1v) is 6.60. The molecule has 1 saturated heterocycles. The highest BCUT2D eigenvalue weighted by atomic mass is 32.2. The summed E-state index contributed by atoms with van der Waals surface area (Å²) in [6, 6.07) is -0.202. The van der Waals surface area contributed by atoms with Gasteiger partial charge in [0.2, 0.25) is 0 Å². The van der Waals surface area contributed by atoms with Crippen LogP contribution in [-0.2, 0) is 14.9 Å². The van der Waals surface area contributed by atoms with Crippen LogP contribution in [0, 0.1) is 5.92 Å². The minimum Gasteiger partial charge on any atom is -0.449 e. The van der Waals surface area contributed by atoms with Crippen molar-refractivity contribution in [1.29, 1.82) is 0 Å². The van der Waals surface area contributed by atoms with Gasteiger partial charge < -0.3 is 10.1 Å². The topological polar surface area (TPSA) is 96.5 Å². The third-order valence-corrected chi connectivity index (χ3v) is 3.37. The number of carbonyl (C=O) groups is 1. The van der Waals surface area contributed by atoms with Crippen LogP contribution in [0.4, 0.5) is 4.79 Å². The fourth-order valence-corrected chi connectivity index (χ4v) is 2.52. The standard InChI is InChI=1S/C8H17N3O4S/c1-3-15-8(12)11-16(13,14)10-7-5-9-4-6(7)2/h6-7,9-10H,3-5H2,1-2H3,(H,11,12). The summed E-state index contributed by atoms with van der Waals surface area (Å²) < 4.78 is 31.6. The fourth-order valence-electron chi connectivity index (χ4n) is 1.47. The molecule has 7 nitrogen and oxygen atoms in total. The molecule has 1 amide bonds. The summed E-state index contributed by atoms with van der Waals surface area (Å²) in [4.78, 5) is 10.9. The molecule has 2 unspecified atom stereocenters. The molecule has 0 aliphatic carbocycles. The zero-order chi connectivity index (χ0) is 12.2. The Labute approximate surface area is 95.1 Å². The quantitative estimate of drug-likeness (QED) is 0.606. The third-order valence-electron chi connectivity index (χ3n) is 2.32. The number of ether oxygens (including phenoxy) is 1. The summed E-state index contributed by atoms with van der Waals surface area (Å²) in [6.07, 6.45) is -0.964. The van der Waals surface area contributed by atoms with Crippen LogP contribution in [-0.4, -0.2) is 40.2 Å². The first kappa shape index (κ1) is 13.2. The lowest BCUT2D eigenvalue weighted by Crippen LogP contribution is -2.47. The molecule has 1 aliphatic rings. The fraction of sp³-hybridized carbons (Fsp3) is 0.875. The molecule has 0 saturated carbocycles. The molecule has 1 rings (SSSR count). The molecule has 2 atom stereocenters. The smallest absolute Gasteiger partial charge is 0.421 e. The number of carbonyl (C=O) groups excluding carboxylic acids is 1. The molecule has 94 valence electrons. The van der Waals surface area contributed by atoms with Gasteiger partial charge in [0.05, 0.1) is 6.61 Å². The van der Waals surface area contributed by atoms with Crippen molar-refractivity contribution in [3.8, 4) is 0 Å². The highest BCUT2D eigenvalue weighted by molar-refractivity contribution is 7.88. The first-order chi connectivity index (χ1) is 7.44. The second kappa shape index (κ2) is 5.46. The molecular weight excluding hydrogens is 234 g/mol. The summed E-state index contributed by atoms with van der Waals surface area (Å²) in [5.41, 5.74) is 0. The van der Waals surface area contributed by atoms with E-state index in [-0.39, 0.29) is 18.6 Å². The Morgan fingerprint density at radius 1 is 1.50 bits per heavy atom. The number of hydrogen-bond acceptors (Lipinski definition) is 5. The van der Waals surface area contributed by atoms with E-state index in [9.17, 15) is 13.2 Å². The van der Waals surface area contributed by atoms with Crippen LogP contribution in [0.2, 0.25) is 0 Å². The van der Waals surface area contributed by atoms with Crippen molar-refractivity contribution in [1.82, 2.24) is 14.8 Å². The van der Waals surface area contributed by atoms with Crippen molar-refractivity contribution in [3.63, 3.8) is 0 Å². The van der Waals surface area contributed by atoms with E-state index in [1.807, 2.05) is 6.92 Å². The molecule has 0 aromatic carbocycles. The van der Waals surface area contributed by atoms with Crippen molar-refractivity contribution >= 4 is 16.3 Å². The maximum atomic E-state index is 11.5. The number of nitrogens with one attached hydrogen (secondary N) is 3. The van der Waals surface area contributed by atoms with Crippen LogP contribution in [0.1, 0.15) is 13.8 Å². The predicted molar refractivity (Wildman–Crippen MR) is 58.0 cm³/mol. The normalized spacial score (nSPS) is 25.4. The van der Waals surface area contributed by atoms with E-state index in [1.165, 1.54) is 0 Å². The van der Waals surface area contributed by atoms with E-state index >= 15 is 0 Å². The van der Waals surface area contributed by atoms with Crippen molar-refractivity contribution in [2.45, 2.75) is 19.9 Å². The molecule has 8 heteroatoms. The second-order valence-electron chi connectivity index (χ2n) is 3.69. The molecule has 1 aliphatic heterocycles. The van der Waals surface area contributed by atoms with Crippen LogP contribution >= 0.6 is 0 Å². The van der Waals surface area contributed by atoms with Crippen LogP contribution in [0.5, 0.6) is 0 Å². The van der Waals surface area contributed by atoms with Gasteiger partial charge in [-0.05, 0) is 19.4 Å². The molecule has 1 heterocycles. The van der Waals surface area contributed by atoms with Crippen LogP contribution in [0.15, 0.2) is 0 Å². The van der Waals surface area contributed by atoms with Crippen molar-refractivity contribution < 1.29 is 17.9 Å². The Morgan fingerprint density at radius 2 is 2.19 bits per heavy atom. The largest absolute Gasteiger partial charge is 0.449 e. The van der Waals surface area contributed by atoms with Gasteiger partial charge in [-0.15, -0.1) is 0 Å². The van der Waals surface area contributed by atoms with Crippen LogP contribution < -0.4 is 14.8 Å². The van der Waals surface area contributed by atoms with E-state index < -0.39 is 16.3 Å². The van der Waals surface area contributed by atoms with E-state index in [0.717, 1.165) is 6.54 Å². The lowest BCUT2D eigenvalue weighted by Gasteiger charge is -2.16. The van der Waals surface area contributed by atoms with E-state index in [1.54, 1.807) is 11.6 Å². The molecule has 0 aromatic rings. The number of hydrogen-bond donors (Lipinski definition) is 3. The Hall–Kier alpha value is -0.860. The van der Waals surface area contributed by atoms with Crippen LogP contribution in [0.3, 0.4) is 0 Å². The average molecular weight is 251 g/mol. The monoisotopic (exact) mass is 251 g/mol. The van der Waals surface area contributed by atoms with Gasteiger partial charge >= 0.3 is 16.3 Å². The van der Waals surface area contributed by atoms with Gasteiger partial charge in [-0.3, -0.25) is 0 Å². The molecule has 0 bridgehead atoms. The van der Waals surface area contributed by atoms with Crippen molar-refractivity contribution in [2.75, 3.05) is 19.7 Å². The molecule has 16 heavy (non-hydrogen) atoms. The van der Waals surface area contributed by atoms with Crippen molar-refractivity contribution in [2.24, 2.45) is 5.92 Å². The molecular formula is C8H17N3O4S. The highest BCUT2D eigenvalue weighted by Crippen LogP contribution is 2.07.